The van der Waals surface area contributed by atoms with Gasteiger partial charge in [-0.1, -0.05) is 13.8 Å². The molecule has 0 atom stereocenters. The standard InChI is InChI=1S/C7H11F4NO2/c1-4(2)3-14-12-6(13)7(10,11)5(8)9/h4-5H,3H2,1-2H3,(H,12,13). The van der Waals surface area contributed by atoms with Gasteiger partial charge in [0.15, 0.2) is 0 Å². The minimum atomic E-state index is -4.71. The van der Waals surface area contributed by atoms with Gasteiger partial charge in [-0.15, -0.1) is 0 Å². The zero-order valence-electron chi connectivity index (χ0n) is 7.69. The third kappa shape index (κ3) is 3.91. The Morgan fingerprint density at radius 3 is 2.29 bits per heavy atom. The summed E-state index contributed by atoms with van der Waals surface area (Å²) in [5, 5.41) is 0. The molecule has 0 heterocycles. The minimum absolute atomic E-state index is 0.00419. The second kappa shape index (κ2) is 5.14. The second-order valence-corrected chi connectivity index (χ2v) is 3.06. The second-order valence-electron chi connectivity index (χ2n) is 3.06. The van der Waals surface area contributed by atoms with Crippen molar-refractivity contribution in [3.05, 3.63) is 0 Å². The quantitative estimate of drug-likeness (QED) is 0.561. The molecule has 0 aliphatic rings. The lowest BCUT2D eigenvalue weighted by atomic mass is 10.2. The van der Waals surface area contributed by atoms with Crippen LogP contribution in [0.2, 0.25) is 0 Å². The van der Waals surface area contributed by atoms with Crippen molar-refractivity contribution in [3.8, 4) is 0 Å². The van der Waals surface area contributed by atoms with Crippen LogP contribution in [0.15, 0.2) is 0 Å². The fraction of sp³-hybridized carbons (Fsp3) is 0.857. The van der Waals surface area contributed by atoms with Crippen LogP contribution in [0.1, 0.15) is 13.8 Å². The molecule has 0 aromatic carbocycles. The van der Waals surface area contributed by atoms with Gasteiger partial charge in [-0.05, 0) is 5.92 Å². The number of carbonyl (C=O) groups excluding carboxylic acids is 1. The lowest BCUT2D eigenvalue weighted by molar-refractivity contribution is -0.181. The first kappa shape index (κ1) is 13.2. The smallest absolute Gasteiger partial charge is 0.273 e. The number of carbonyl (C=O) groups is 1. The van der Waals surface area contributed by atoms with Gasteiger partial charge in [-0.25, -0.2) is 14.3 Å². The van der Waals surface area contributed by atoms with E-state index in [2.05, 4.69) is 4.84 Å². The number of halogens is 4. The van der Waals surface area contributed by atoms with E-state index >= 15 is 0 Å². The molecule has 0 bridgehead atoms. The molecule has 0 radical (unpaired) electrons. The number of amides is 1. The van der Waals surface area contributed by atoms with Crippen molar-refractivity contribution in [3.63, 3.8) is 0 Å². The number of nitrogens with one attached hydrogen (secondary N) is 1. The normalized spacial score (nSPS) is 12.3. The fourth-order valence-corrected chi connectivity index (χ4v) is 0.441. The first-order valence-electron chi connectivity index (χ1n) is 3.86. The Kier molecular flexibility index (Phi) is 4.82. The van der Waals surface area contributed by atoms with Gasteiger partial charge >= 0.3 is 18.3 Å². The fourth-order valence-electron chi connectivity index (χ4n) is 0.441. The molecular formula is C7H11F4NO2. The lowest BCUT2D eigenvalue weighted by Crippen LogP contribution is -2.45. The van der Waals surface area contributed by atoms with Crippen LogP contribution < -0.4 is 5.48 Å². The van der Waals surface area contributed by atoms with Gasteiger partial charge in [0.05, 0.1) is 6.61 Å². The average Bonchev–Trinajstić information content (AvgIpc) is 2.02. The molecule has 0 fully saturated rings. The Balaban J connectivity index is 3.96. The lowest BCUT2D eigenvalue weighted by Gasteiger charge is -2.14. The number of alkyl halides is 4. The zero-order valence-corrected chi connectivity index (χ0v) is 7.69. The topological polar surface area (TPSA) is 38.3 Å². The van der Waals surface area contributed by atoms with E-state index in [-0.39, 0.29) is 12.5 Å². The molecule has 0 rings (SSSR count). The molecule has 0 spiro atoms. The highest BCUT2D eigenvalue weighted by Crippen LogP contribution is 2.22. The molecular weight excluding hydrogens is 206 g/mol. The third-order valence-corrected chi connectivity index (χ3v) is 1.16. The monoisotopic (exact) mass is 217 g/mol. The highest BCUT2D eigenvalue weighted by atomic mass is 19.3. The van der Waals surface area contributed by atoms with Crippen LogP contribution in [0.4, 0.5) is 17.6 Å². The van der Waals surface area contributed by atoms with Gasteiger partial charge in [-0.2, -0.15) is 8.78 Å². The van der Waals surface area contributed by atoms with Crippen molar-refractivity contribution in [2.24, 2.45) is 5.92 Å². The van der Waals surface area contributed by atoms with Gasteiger partial charge < -0.3 is 0 Å². The predicted octanol–water partition coefficient (Wildman–Crippen LogP) is 1.59. The van der Waals surface area contributed by atoms with Crippen LogP contribution in [0, 0.1) is 5.92 Å². The Hall–Kier alpha value is -0.850. The summed E-state index contributed by atoms with van der Waals surface area (Å²) in [7, 11) is 0. The average molecular weight is 217 g/mol. The van der Waals surface area contributed by atoms with E-state index in [1.807, 2.05) is 0 Å². The molecule has 0 aromatic heterocycles. The summed E-state index contributed by atoms with van der Waals surface area (Å²) >= 11 is 0. The zero-order chi connectivity index (χ0) is 11.4. The van der Waals surface area contributed by atoms with Gasteiger partial charge in [0, 0.05) is 0 Å². The van der Waals surface area contributed by atoms with E-state index < -0.39 is 18.3 Å². The van der Waals surface area contributed by atoms with E-state index in [4.69, 9.17) is 0 Å². The highest BCUT2D eigenvalue weighted by Gasteiger charge is 2.49. The molecule has 14 heavy (non-hydrogen) atoms. The first-order chi connectivity index (χ1) is 6.28. The van der Waals surface area contributed by atoms with Crippen molar-refractivity contribution in [1.29, 1.82) is 0 Å². The number of hydrogen-bond acceptors (Lipinski definition) is 2. The summed E-state index contributed by atoms with van der Waals surface area (Å²) in [6.07, 6.45) is -4.04. The number of rotatable bonds is 5. The van der Waals surface area contributed by atoms with Crippen LogP contribution >= 0.6 is 0 Å². The molecule has 1 N–H and O–H groups in total. The summed E-state index contributed by atoms with van der Waals surface area (Å²) in [6, 6.07) is 0. The maximum atomic E-state index is 12.2. The van der Waals surface area contributed by atoms with E-state index in [0.29, 0.717) is 0 Å². The Morgan fingerprint density at radius 1 is 1.43 bits per heavy atom. The van der Waals surface area contributed by atoms with E-state index in [1.54, 1.807) is 13.8 Å². The minimum Gasteiger partial charge on any atom is -0.273 e. The summed E-state index contributed by atoms with van der Waals surface area (Å²) in [6.45, 7) is 3.39. The van der Waals surface area contributed by atoms with Gasteiger partial charge in [0.25, 0.3) is 0 Å². The van der Waals surface area contributed by atoms with Crippen LogP contribution in [-0.2, 0) is 9.63 Å². The summed E-state index contributed by atoms with van der Waals surface area (Å²) in [5.74, 6) is -6.85. The largest absolute Gasteiger partial charge is 0.385 e. The van der Waals surface area contributed by atoms with Crippen molar-refractivity contribution in [2.45, 2.75) is 26.2 Å². The van der Waals surface area contributed by atoms with Crippen LogP contribution in [0.5, 0.6) is 0 Å². The van der Waals surface area contributed by atoms with E-state index in [9.17, 15) is 22.4 Å². The van der Waals surface area contributed by atoms with Crippen molar-refractivity contribution < 1.29 is 27.2 Å². The first-order valence-corrected chi connectivity index (χ1v) is 3.86. The van der Waals surface area contributed by atoms with Gasteiger partial charge in [0.2, 0.25) is 0 Å². The highest BCUT2D eigenvalue weighted by molar-refractivity contribution is 5.82. The molecule has 3 nitrogen and oxygen atoms in total. The molecule has 7 heteroatoms. The van der Waals surface area contributed by atoms with Crippen LogP contribution in [0.25, 0.3) is 0 Å². The summed E-state index contributed by atoms with van der Waals surface area (Å²) in [5.41, 5.74) is 1.27. The van der Waals surface area contributed by atoms with Crippen LogP contribution in [-0.4, -0.2) is 24.9 Å². The third-order valence-electron chi connectivity index (χ3n) is 1.16. The van der Waals surface area contributed by atoms with Crippen molar-refractivity contribution in [2.75, 3.05) is 6.61 Å². The van der Waals surface area contributed by atoms with Gasteiger partial charge in [0.1, 0.15) is 0 Å². The van der Waals surface area contributed by atoms with E-state index in [0.717, 1.165) is 0 Å². The van der Waals surface area contributed by atoms with Crippen LogP contribution in [0.3, 0.4) is 0 Å². The summed E-state index contributed by atoms with van der Waals surface area (Å²) < 4.78 is 47.6. The van der Waals surface area contributed by atoms with Gasteiger partial charge in [-0.3, -0.25) is 9.63 Å². The molecule has 84 valence electrons. The van der Waals surface area contributed by atoms with E-state index in [1.165, 1.54) is 5.48 Å². The number of hydrogen-bond donors (Lipinski definition) is 1. The molecule has 0 saturated heterocycles. The Morgan fingerprint density at radius 2 is 1.93 bits per heavy atom. The maximum Gasteiger partial charge on any atom is 0.385 e. The summed E-state index contributed by atoms with van der Waals surface area (Å²) in [4.78, 5) is 14.7. The SMILES string of the molecule is CC(C)CONC(=O)C(F)(F)C(F)F. The molecule has 1 amide bonds. The predicted molar refractivity (Wildman–Crippen MR) is 39.9 cm³/mol. The molecule has 0 saturated carbocycles. The number of hydroxylamine groups is 1. The van der Waals surface area contributed by atoms with Crippen molar-refractivity contribution >= 4 is 5.91 Å². The molecule has 0 aromatic rings. The Labute approximate surface area is 78.4 Å². The van der Waals surface area contributed by atoms with Crippen molar-refractivity contribution in [1.82, 2.24) is 5.48 Å². The molecule has 0 aliphatic carbocycles. The molecule has 0 aliphatic heterocycles. The molecule has 0 unspecified atom stereocenters. The maximum absolute atomic E-state index is 12.2. The Bertz CT molecular complexity index is 196.